The summed E-state index contributed by atoms with van der Waals surface area (Å²) in [6.45, 7) is -0.00472. The van der Waals surface area contributed by atoms with Gasteiger partial charge in [-0.1, -0.05) is 41.9 Å². The normalized spacial score (nSPS) is 11.8. The fraction of sp³-hybridized carbons (Fsp3) is 0.0909. The molecule has 4 aromatic rings. The maximum atomic E-state index is 13.6. The molecule has 0 spiro atoms. The molecule has 3 nitrogen and oxygen atoms in total. The van der Waals surface area contributed by atoms with Crippen molar-refractivity contribution in [2.75, 3.05) is 0 Å². The topological polar surface area (TPSA) is 34.9 Å². The predicted octanol–water partition coefficient (Wildman–Crippen LogP) is 5.92. The van der Waals surface area contributed by atoms with Crippen LogP contribution >= 0.6 is 11.6 Å². The molecule has 0 aliphatic heterocycles. The summed E-state index contributed by atoms with van der Waals surface area (Å²) >= 11 is 5.99. The lowest BCUT2D eigenvalue weighted by Gasteiger charge is -2.18. The minimum Gasteiger partial charge on any atom is -0.288 e. The van der Waals surface area contributed by atoms with Gasteiger partial charge in [-0.25, -0.2) is 9.37 Å². The molecule has 8 heteroatoms. The van der Waals surface area contributed by atoms with E-state index in [1.54, 1.807) is 30.3 Å². The number of fused-ring (bicyclic) bond motifs is 1. The quantitative estimate of drug-likeness (QED) is 0.376. The smallest absolute Gasteiger partial charge is 0.288 e. The molecule has 0 bridgehead atoms. The third kappa shape index (κ3) is 3.80. The lowest BCUT2D eigenvalue weighted by atomic mass is 10.0. The second-order valence-electron chi connectivity index (χ2n) is 6.66. The third-order valence-electron chi connectivity index (χ3n) is 4.63. The number of nitrogens with zero attached hydrogens (tertiary/aromatic N) is 2. The van der Waals surface area contributed by atoms with Gasteiger partial charge in [0, 0.05) is 10.6 Å². The number of halogens is 5. The van der Waals surface area contributed by atoms with Crippen LogP contribution in [0.3, 0.4) is 0 Å². The molecule has 0 fully saturated rings. The van der Waals surface area contributed by atoms with Gasteiger partial charge in [0.1, 0.15) is 11.6 Å². The van der Waals surface area contributed by atoms with Gasteiger partial charge in [-0.15, -0.1) is 0 Å². The van der Waals surface area contributed by atoms with Gasteiger partial charge < -0.3 is 0 Å². The van der Waals surface area contributed by atoms with Crippen molar-refractivity contribution < 1.29 is 17.6 Å². The van der Waals surface area contributed by atoms with Crippen LogP contribution in [0.4, 0.5) is 17.6 Å². The molecular formula is C22H13ClF4N2O. The molecule has 1 heterocycles. The standard InChI is InChI=1S/C22H13ClF4N2O/c23-14-6-8-17-19(10-14)28-20(16-9-7-15(24)11-18(16)22(25,26)27)29(21(17)30)12-13-4-2-1-3-5-13/h1-11H,12H2. The van der Waals surface area contributed by atoms with Crippen molar-refractivity contribution in [3.8, 4) is 11.4 Å². The van der Waals surface area contributed by atoms with Crippen molar-refractivity contribution in [3.63, 3.8) is 0 Å². The van der Waals surface area contributed by atoms with Crippen LogP contribution in [-0.2, 0) is 12.7 Å². The Kier molecular flexibility index (Phi) is 5.07. The van der Waals surface area contributed by atoms with Crippen LogP contribution < -0.4 is 5.56 Å². The van der Waals surface area contributed by atoms with Crippen LogP contribution in [0.1, 0.15) is 11.1 Å². The Morgan fingerprint density at radius 3 is 2.40 bits per heavy atom. The van der Waals surface area contributed by atoms with Gasteiger partial charge in [-0.2, -0.15) is 13.2 Å². The van der Waals surface area contributed by atoms with E-state index >= 15 is 0 Å². The zero-order chi connectivity index (χ0) is 21.5. The lowest BCUT2D eigenvalue weighted by molar-refractivity contribution is -0.137. The predicted molar refractivity (Wildman–Crippen MR) is 107 cm³/mol. The first-order valence-electron chi connectivity index (χ1n) is 8.85. The van der Waals surface area contributed by atoms with Crippen LogP contribution in [0.2, 0.25) is 5.02 Å². The highest BCUT2D eigenvalue weighted by Crippen LogP contribution is 2.37. The van der Waals surface area contributed by atoms with Crippen LogP contribution in [0.5, 0.6) is 0 Å². The molecule has 4 rings (SSSR count). The van der Waals surface area contributed by atoms with Gasteiger partial charge in [-0.3, -0.25) is 9.36 Å². The first kappa shape index (κ1) is 20.1. The lowest BCUT2D eigenvalue weighted by Crippen LogP contribution is -2.25. The van der Waals surface area contributed by atoms with E-state index in [4.69, 9.17) is 11.6 Å². The van der Waals surface area contributed by atoms with Gasteiger partial charge in [0.2, 0.25) is 0 Å². The van der Waals surface area contributed by atoms with Gasteiger partial charge in [-0.05, 0) is 42.0 Å². The Balaban J connectivity index is 2.06. The second-order valence-corrected chi connectivity index (χ2v) is 7.10. The molecule has 0 aliphatic carbocycles. The zero-order valence-corrected chi connectivity index (χ0v) is 16.0. The molecule has 1 aromatic heterocycles. The molecule has 0 radical (unpaired) electrons. The summed E-state index contributed by atoms with van der Waals surface area (Å²) in [5.41, 5.74) is -1.26. The van der Waals surface area contributed by atoms with E-state index in [1.807, 2.05) is 0 Å². The molecule has 0 unspecified atom stereocenters. The highest BCUT2D eigenvalue weighted by atomic mass is 35.5. The highest BCUT2D eigenvalue weighted by molar-refractivity contribution is 6.31. The minimum absolute atomic E-state index is 0.00472. The Hall–Kier alpha value is -3.19. The number of benzene rings is 3. The van der Waals surface area contributed by atoms with E-state index in [0.29, 0.717) is 11.6 Å². The Bertz CT molecular complexity index is 1300. The molecule has 152 valence electrons. The largest absolute Gasteiger partial charge is 0.417 e. The Morgan fingerprint density at radius 1 is 0.967 bits per heavy atom. The van der Waals surface area contributed by atoms with E-state index < -0.39 is 23.1 Å². The average Bonchev–Trinajstić information content (AvgIpc) is 2.70. The van der Waals surface area contributed by atoms with Gasteiger partial charge in [0.05, 0.1) is 23.0 Å². The molecular weight excluding hydrogens is 420 g/mol. The molecule has 30 heavy (non-hydrogen) atoms. The number of hydrogen-bond donors (Lipinski definition) is 0. The third-order valence-corrected chi connectivity index (χ3v) is 4.86. The van der Waals surface area contributed by atoms with E-state index in [-0.39, 0.29) is 33.9 Å². The summed E-state index contributed by atoms with van der Waals surface area (Å²) in [7, 11) is 0. The van der Waals surface area contributed by atoms with Gasteiger partial charge >= 0.3 is 6.18 Å². The molecule has 0 N–H and O–H groups in total. The summed E-state index contributed by atoms with van der Waals surface area (Å²) in [6, 6.07) is 15.5. The summed E-state index contributed by atoms with van der Waals surface area (Å²) < 4.78 is 55.7. The van der Waals surface area contributed by atoms with Crippen molar-refractivity contribution in [2.24, 2.45) is 0 Å². The number of aromatic nitrogens is 2. The zero-order valence-electron chi connectivity index (χ0n) is 15.3. The summed E-state index contributed by atoms with van der Waals surface area (Å²) in [5.74, 6) is -1.25. The summed E-state index contributed by atoms with van der Waals surface area (Å²) in [4.78, 5) is 17.5. The molecule has 3 aromatic carbocycles. The van der Waals surface area contributed by atoms with E-state index in [1.165, 1.54) is 18.2 Å². The van der Waals surface area contributed by atoms with Crippen molar-refractivity contribution in [2.45, 2.75) is 12.7 Å². The van der Waals surface area contributed by atoms with Gasteiger partial charge in [0.25, 0.3) is 5.56 Å². The van der Waals surface area contributed by atoms with Crippen LogP contribution in [0, 0.1) is 5.82 Å². The van der Waals surface area contributed by atoms with Crippen molar-refractivity contribution in [3.05, 3.63) is 99.1 Å². The Morgan fingerprint density at radius 2 is 1.70 bits per heavy atom. The van der Waals surface area contributed by atoms with E-state index in [9.17, 15) is 22.4 Å². The number of rotatable bonds is 3. The maximum absolute atomic E-state index is 13.6. The number of alkyl halides is 3. The SMILES string of the molecule is O=c1c2ccc(Cl)cc2nc(-c2ccc(F)cc2C(F)(F)F)n1Cc1ccccc1. The van der Waals surface area contributed by atoms with Crippen molar-refractivity contribution >= 4 is 22.5 Å². The van der Waals surface area contributed by atoms with Crippen molar-refractivity contribution in [1.29, 1.82) is 0 Å². The van der Waals surface area contributed by atoms with Crippen LogP contribution in [0.25, 0.3) is 22.3 Å². The van der Waals surface area contributed by atoms with Crippen LogP contribution in [-0.4, -0.2) is 9.55 Å². The fourth-order valence-corrected chi connectivity index (χ4v) is 3.42. The molecule has 0 saturated carbocycles. The average molecular weight is 433 g/mol. The monoisotopic (exact) mass is 432 g/mol. The van der Waals surface area contributed by atoms with Crippen molar-refractivity contribution in [1.82, 2.24) is 9.55 Å². The van der Waals surface area contributed by atoms with Crippen LogP contribution in [0.15, 0.2) is 71.5 Å². The molecule has 0 amide bonds. The van der Waals surface area contributed by atoms with E-state index in [2.05, 4.69) is 4.98 Å². The van der Waals surface area contributed by atoms with Gasteiger partial charge in [0.15, 0.2) is 0 Å². The molecule has 0 atom stereocenters. The number of hydrogen-bond acceptors (Lipinski definition) is 2. The summed E-state index contributed by atoms with van der Waals surface area (Å²) in [5, 5.41) is 0.506. The Labute approximate surface area is 173 Å². The second kappa shape index (κ2) is 7.57. The first-order chi connectivity index (χ1) is 14.2. The first-order valence-corrected chi connectivity index (χ1v) is 9.23. The fourth-order valence-electron chi connectivity index (χ4n) is 3.26. The van der Waals surface area contributed by atoms with E-state index in [0.717, 1.165) is 16.7 Å². The molecule has 0 saturated heterocycles. The maximum Gasteiger partial charge on any atom is 0.417 e. The minimum atomic E-state index is -4.84. The summed E-state index contributed by atoms with van der Waals surface area (Å²) in [6.07, 6.45) is -4.84. The molecule has 0 aliphatic rings. The highest BCUT2D eigenvalue weighted by Gasteiger charge is 2.35.